The van der Waals surface area contributed by atoms with Crippen LogP contribution in [0.3, 0.4) is 0 Å². The third-order valence-corrected chi connectivity index (χ3v) is 3.92. The molecule has 2 rings (SSSR count). The van der Waals surface area contributed by atoms with Crippen molar-refractivity contribution in [2.75, 3.05) is 33.7 Å². The Labute approximate surface area is 155 Å². The Morgan fingerprint density at radius 3 is 2.62 bits per heavy atom. The standard InChI is InChI=1S/C20H29N5O/c1-4-21-20(23-12-15-25-13-5-6-14-25)22-11-10-17-8-7-9-18(16-17)19(26)24(2)3/h5-9,13-14,16H,4,10-12,15H2,1-3H3,(H2,21,22,23). The fraction of sp³-hybridized carbons (Fsp3) is 0.400. The van der Waals surface area contributed by atoms with Crippen LogP contribution in [-0.4, -0.2) is 55.1 Å². The molecule has 2 aromatic rings. The van der Waals surface area contributed by atoms with Gasteiger partial charge in [0.05, 0.1) is 0 Å². The Morgan fingerprint density at radius 2 is 1.92 bits per heavy atom. The van der Waals surface area contributed by atoms with Crippen molar-refractivity contribution in [3.63, 3.8) is 0 Å². The summed E-state index contributed by atoms with van der Waals surface area (Å²) in [7, 11) is 3.53. The molecule has 0 aliphatic rings. The lowest BCUT2D eigenvalue weighted by Crippen LogP contribution is -2.39. The molecule has 6 heteroatoms. The molecule has 1 aromatic carbocycles. The topological polar surface area (TPSA) is 61.7 Å². The second-order valence-corrected chi connectivity index (χ2v) is 6.26. The summed E-state index contributed by atoms with van der Waals surface area (Å²) < 4.78 is 2.13. The van der Waals surface area contributed by atoms with Crippen LogP contribution in [0.2, 0.25) is 0 Å². The highest BCUT2D eigenvalue weighted by Crippen LogP contribution is 2.08. The molecule has 0 spiro atoms. The molecule has 140 valence electrons. The highest BCUT2D eigenvalue weighted by atomic mass is 16.2. The molecule has 0 atom stereocenters. The molecule has 0 radical (unpaired) electrons. The Balaban J connectivity index is 1.86. The van der Waals surface area contributed by atoms with Crippen molar-refractivity contribution >= 4 is 11.9 Å². The minimum absolute atomic E-state index is 0.0235. The van der Waals surface area contributed by atoms with Gasteiger partial charge in [-0.25, -0.2) is 0 Å². The first-order valence-electron chi connectivity index (χ1n) is 9.03. The second-order valence-electron chi connectivity index (χ2n) is 6.26. The van der Waals surface area contributed by atoms with Crippen LogP contribution in [0.25, 0.3) is 0 Å². The fourth-order valence-electron chi connectivity index (χ4n) is 2.58. The van der Waals surface area contributed by atoms with Crippen LogP contribution in [-0.2, 0) is 13.0 Å². The predicted molar refractivity (Wildman–Crippen MR) is 107 cm³/mol. The zero-order chi connectivity index (χ0) is 18.8. The molecule has 6 nitrogen and oxygen atoms in total. The van der Waals surface area contributed by atoms with E-state index in [4.69, 9.17) is 0 Å². The lowest BCUT2D eigenvalue weighted by atomic mass is 10.1. The van der Waals surface area contributed by atoms with Crippen LogP contribution >= 0.6 is 0 Å². The first-order chi connectivity index (χ1) is 12.6. The van der Waals surface area contributed by atoms with Crippen LogP contribution in [0.15, 0.2) is 53.8 Å². The van der Waals surface area contributed by atoms with Gasteiger partial charge >= 0.3 is 0 Å². The summed E-state index contributed by atoms with van der Waals surface area (Å²) in [6.07, 6.45) is 4.89. The molecule has 0 bridgehead atoms. The van der Waals surface area contributed by atoms with Gasteiger partial charge in [-0.15, -0.1) is 0 Å². The van der Waals surface area contributed by atoms with E-state index in [0.29, 0.717) is 12.1 Å². The Bertz CT molecular complexity index is 707. The smallest absolute Gasteiger partial charge is 0.253 e. The first-order valence-corrected chi connectivity index (χ1v) is 9.03. The monoisotopic (exact) mass is 355 g/mol. The quantitative estimate of drug-likeness (QED) is 0.562. The molecule has 0 fully saturated rings. The summed E-state index contributed by atoms with van der Waals surface area (Å²) in [4.78, 5) is 18.3. The maximum Gasteiger partial charge on any atom is 0.253 e. The number of nitrogens with zero attached hydrogens (tertiary/aromatic N) is 3. The van der Waals surface area contributed by atoms with E-state index in [1.165, 1.54) is 0 Å². The molecule has 26 heavy (non-hydrogen) atoms. The van der Waals surface area contributed by atoms with Gasteiger partial charge in [0, 0.05) is 58.2 Å². The largest absolute Gasteiger partial charge is 0.357 e. The molecule has 0 saturated carbocycles. The Kier molecular flexibility index (Phi) is 7.74. The van der Waals surface area contributed by atoms with E-state index < -0.39 is 0 Å². The highest BCUT2D eigenvalue weighted by molar-refractivity contribution is 5.94. The van der Waals surface area contributed by atoms with Gasteiger partial charge in [-0.05, 0) is 43.2 Å². The predicted octanol–water partition coefficient (Wildman–Crippen LogP) is 1.99. The summed E-state index contributed by atoms with van der Waals surface area (Å²) in [6.45, 7) is 5.25. The van der Waals surface area contributed by atoms with E-state index in [1.807, 2.05) is 48.8 Å². The van der Waals surface area contributed by atoms with Gasteiger partial charge in [-0.1, -0.05) is 12.1 Å². The number of benzene rings is 1. The summed E-state index contributed by atoms with van der Waals surface area (Å²) in [5.41, 5.74) is 1.83. The maximum atomic E-state index is 12.1. The molecule has 0 saturated heterocycles. The number of nitrogens with one attached hydrogen (secondary N) is 2. The van der Waals surface area contributed by atoms with Gasteiger partial charge in [0.15, 0.2) is 5.96 Å². The number of carbonyl (C=O) groups is 1. The summed E-state index contributed by atoms with van der Waals surface area (Å²) in [5, 5.41) is 6.61. The minimum Gasteiger partial charge on any atom is -0.357 e. The van der Waals surface area contributed by atoms with Gasteiger partial charge < -0.3 is 20.1 Å². The third kappa shape index (κ3) is 6.27. The Morgan fingerprint density at radius 1 is 1.15 bits per heavy atom. The SMILES string of the molecule is CCNC(=NCCc1cccc(C(=O)N(C)C)c1)NCCn1cccc1. The summed E-state index contributed by atoms with van der Waals surface area (Å²) in [6, 6.07) is 11.8. The molecule has 0 unspecified atom stereocenters. The Hall–Kier alpha value is -2.76. The van der Waals surface area contributed by atoms with E-state index in [-0.39, 0.29) is 5.91 Å². The molecule has 0 aliphatic carbocycles. The summed E-state index contributed by atoms with van der Waals surface area (Å²) in [5.74, 6) is 0.843. The number of aromatic nitrogens is 1. The minimum atomic E-state index is 0.0235. The zero-order valence-electron chi connectivity index (χ0n) is 15.9. The normalized spacial score (nSPS) is 11.3. The molecule has 1 aromatic heterocycles. The van der Waals surface area contributed by atoms with E-state index >= 15 is 0 Å². The van der Waals surface area contributed by atoms with Crippen LogP contribution in [0.4, 0.5) is 0 Å². The molecule has 1 amide bonds. The molecular weight excluding hydrogens is 326 g/mol. The number of rotatable bonds is 8. The van der Waals surface area contributed by atoms with E-state index in [9.17, 15) is 4.79 Å². The maximum absolute atomic E-state index is 12.1. The van der Waals surface area contributed by atoms with Crippen molar-refractivity contribution < 1.29 is 4.79 Å². The van der Waals surface area contributed by atoms with Crippen molar-refractivity contribution in [3.8, 4) is 0 Å². The van der Waals surface area contributed by atoms with Crippen LogP contribution < -0.4 is 10.6 Å². The number of carbonyl (C=O) groups excluding carboxylic acids is 1. The fourth-order valence-corrected chi connectivity index (χ4v) is 2.58. The van der Waals surface area contributed by atoms with Crippen LogP contribution in [0, 0.1) is 0 Å². The van der Waals surface area contributed by atoms with Gasteiger partial charge in [-0.3, -0.25) is 9.79 Å². The van der Waals surface area contributed by atoms with Crippen molar-refractivity contribution in [1.82, 2.24) is 20.1 Å². The highest BCUT2D eigenvalue weighted by Gasteiger charge is 2.08. The van der Waals surface area contributed by atoms with Crippen molar-refractivity contribution in [1.29, 1.82) is 0 Å². The van der Waals surface area contributed by atoms with Crippen LogP contribution in [0.5, 0.6) is 0 Å². The number of guanidine groups is 1. The molecule has 0 aliphatic heterocycles. The van der Waals surface area contributed by atoms with Crippen molar-refractivity contribution in [2.24, 2.45) is 4.99 Å². The van der Waals surface area contributed by atoms with Crippen molar-refractivity contribution in [3.05, 3.63) is 59.9 Å². The van der Waals surface area contributed by atoms with Gasteiger partial charge in [0.2, 0.25) is 0 Å². The average molecular weight is 355 g/mol. The first kappa shape index (κ1) is 19.6. The van der Waals surface area contributed by atoms with Gasteiger partial charge in [0.25, 0.3) is 5.91 Å². The average Bonchev–Trinajstić information content (AvgIpc) is 3.14. The number of aliphatic imine (C=N–C) groups is 1. The number of amides is 1. The van der Waals surface area contributed by atoms with E-state index in [2.05, 4.69) is 27.1 Å². The third-order valence-electron chi connectivity index (χ3n) is 3.92. The van der Waals surface area contributed by atoms with Gasteiger partial charge in [-0.2, -0.15) is 0 Å². The lowest BCUT2D eigenvalue weighted by Gasteiger charge is -2.12. The van der Waals surface area contributed by atoms with E-state index in [0.717, 1.165) is 37.6 Å². The summed E-state index contributed by atoms with van der Waals surface area (Å²) >= 11 is 0. The number of hydrogen-bond donors (Lipinski definition) is 2. The zero-order valence-corrected chi connectivity index (χ0v) is 15.9. The molecule has 1 heterocycles. The molecular formula is C20H29N5O. The number of hydrogen-bond acceptors (Lipinski definition) is 2. The van der Waals surface area contributed by atoms with Crippen molar-refractivity contribution in [2.45, 2.75) is 19.9 Å². The molecule has 2 N–H and O–H groups in total. The van der Waals surface area contributed by atoms with Crippen LogP contribution in [0.1, 0.15) is 22.8 Å². The second kappa shape index (κ2) is 10.3. The van der Waals surface area contributed by atoms with Gasteiger partial charge in [0.1, 0.15) is 0 Å². The lowest BCUT2D eigenvalue weighted by molar-refractivity contribution is 0.0827. The van der Waals surface area contributed by atoms with E-state index in [1.54, 1.807) is 19.0 Å².